The number of carbonyl (C=O) groups is 1. The second kappa shape index (κ2) is 4.87. The molecule has 92 valence electrons. The number of hydrogen-bond acceptors (Lipinski definition) is 3. The van der Waals surface area contributed by atoms with E-state index in [2.05, 4.69) is 0 Å². The first kappa shape index (κ1) is 12.1. The van der Waals surface area contributed by atoms with E-state index < -0.39 is 21.9 Å². The fourth-order valence-electron chi connectivity index (χ4n) is 1.99. The van der Waals surface area contributed by atoms with Crippen LogP contribution in [-0.2, 0) is 21.9 Å². The zero-order valence-corrected chi connectivity index (χ0v) is 10.1. The average Bonchev–Trinajstić information content (AvgIpc) is 3.04. The molecular formula is C12H14O4S. The minimum Gasteiger partial charge on any atom is -0.481 e. The van der Waals surface area contributed by atoms with Crippen LogP contribution < -0.4 is 0 Å². The minimum atomic E-state index is -2.46. The number of rotatable bonds is 5. The van der Waals surface area contributed by atoms with Crippen molar-refractivity contribution in [3.63, 3.8) is 0 Å². The smallest absolute Gasteiger partial charge is 0.307 e. The molecule has 0 aromatic heterocycles. The van der Waals surface area contributed by atoms with Gasteiger partial charge in [-0.25, -0.2) is 8.42 Å². The Balaban J connectivity index is 2.18. The number of carboxylic acids is 1. The Morgan fingerprint density at radius 1 is 1.29 bits per heavy atom. The molecule has 5 heteroatoms. The molecule has 1 N–H and O–H groups in total. The molecule has 17 heavy (non-hydrogen) atoms. The van der Waals surface area contributed by atoms with Crippen LogP contribution in [0.15, 0.2) is 24.3 Å². The molecule has 0 aliphatic heterocycles. The highest BCUT2D eigenvalue weighted by Crippen LogP contribution is 2.43. The Bertz CT molecular complexity index is 478. The Kier molecular flexibility index (Phi) is 3.47. The molecule has 4 nitrogen and oxygen atoms in total. The predicted octanol–water partition coefficient (Wildman–Crippen LogP) is 1.38. The van der Waals surface area contributed by atoms with E-state index in [1.165, 1.54) is 0 Å². The van der Waals surface area contributed by atoms with Gasteiger partial charge >= 0.3 is 5.97 Å². The molecule has 0 radical (unpaired) electrons. The van der Waals surface area contributed by atoms with Crippen molar-refractivity contribution in [1.82, 2.24) is 0 Å². The van der Waals surface area contributed by atoms with Gasteiger partial charge in [-0.15, -0.1) is 0 Å². The number of hydrogen-bond donors (Lipinski definition) is 2. The summed E-state index contributed by atoms with van der Waals surface area (Å²) in [5.74, 6) is -0.632. The van der Waals surface area contributed by atoms with Crippen molar-refractivity contribution in [2.45, 2.75) is 24.5 Å². The maximum Gasteiger partial charge on any atom is 0.307 e. The summed E-state index contributed by atoms with van der Waals surface area (Å²) in [4.78, 5) is 10.5. The minimum absolute atomic E-state index is 0.0299. The van der Waals surface area contributed by atoms with Crippen LogP contribution in [0.3, 0.4) is 0 Å². The van der Waals surface area contributed by atoms with Crippen LogP contribution in [0.5, 0.6) is 0 Å². The summed E-state index contributed by atoms with van der Waals surface area (Å²) < 4.78 is 22.4. The summed E-state index contributed by atoms with van der Waals surface area (Å²) >= 11 is 0. The summed E-state index contributed by atoms with van der Waals surface area (Å²) in [5.41, 5.74) is 1.47. The Morgan fingerprint density at radius 3 is 2.29 bits per heavy atom. The zero-order chi connectivity index (χ0) is 12.4. The average molecular weight is 254 g/mol. The molecule has 0 amide bonds. The van der Waals surface area contributed by atoms with Gasteiger partial charge in [0.2, 0.25) is 0 Å². The van der Waals surface area contributed by atoms with Crippen molar-refractivity contribution in [2.75, 3.05) is 0 Å². The molecule has 0 heterocycles. The van der Waals surface area contributed by atoms with Crippen LogP contribution in [0.1, 0.15) is 29.2 Å². The number of thiol groups is 1. The molecule has 1 unspecified atom stereocenters. The summed E-state index contributed by atoms with van der Waals surface area (Å²) in [6.45, 7) is 0. The van der Waals surface area contributed by atoms with Crippen molar-refractivity contribution < 1.29 is 18.3 Å². The lowest BCUT2D eigenvalue weighted by atomic mass is 10.0. The Labute approximate surface area is 101 Å². The van der Waals surface area contributed by atoms with Gasteiger partial charge in [0.25, 0.3) is 0 Å². The molecule has 1 fully saturated rings. The molecule has 1 aliphatic rings. The SMILES string of the molecule is O=C(O)Cc1ccc(C(C2CC2)[SH](=O)=O)cc1. The topological polar surface area (TPSA) is 71.4 Å². The molecule has 0 spiro atoms. The first-order valence-electron chi connectivity index (χ1n) is 5.52. The van der Waals surface area contributed by atoms with Crippen LogP contribution >= 0.6 is 0 Å². The molecule has 1 saturated carbocycles. The van der Waals surface area contributed by atoms with Crippen LogP contribution in [0.2, 0.25) is 0 Å². The molecular weight excluding hydrogens is 240 g/mol. The fourth-order valence-corrected chi connectivity index (χ4v) is 3.04. The van der Waals surface area contributed by atoms with E-state index in [9.17, 15) is 13.2 Å². The van der Waals surface area contributed by atoms with E-state index in [1.807, 2.05) is 0 Å². The summed E-state index contributed by atoms with van der Waals surface area (Å²) in [6, 6.07) is 6.84. The first-order valence-corrected chi connectivity index (χ1v) is 6.76. The van der Waals surface area contributed by atoms with E-state index in [4.69, 9.17) is 5.11 Å². The number of aliphatic carboxylic acids is 1. The van der Waals surface area contributed by atoms with Crippen LogP contribution in [0.4, 0.5) is 0 Å². The van der Waals surface area contributed by atoms with E-state index in [0.29, 0.717) is 5.56 Å². The monoisotopic (exact) mass is 254 g/mol. The lowest BCUT2D eigenvalue weighted by Gasteiger charge is -2.09. The molecule has 1 atom stereocenters. The van der Waals surface area contributed by atoms with Gasteiger partial charge in [-0.2, -0.15) is 0 Å². The van der Waals surface area contributed by atoms with Gasteiger partial charge in [0.05, 0.1) is 11.7 Å². The predicted molar refractivity (Wildman–Crippen MR) is 63.6 cm³/mol. The maximum absolute atomic E-state index is 11.2. The van der Waals surface area contributed by atoms with Gasteiger partial charge in [-0.1, -0.05) is 24.3 Å². The number of benzene rings is 1. The van der Waals surface area contributed by atoms with Gasteiger partial charge < -0.3 is 5.11 Å². The highest BCUT2D eigenvalue weighted by Gasteiger charge is 2.34. The van der Waals surface area contributed by atoms with Gasteiger partial charge in [0, 0.05) is 0 Å². The highest BCUT2D eigenvalue weighted by atomic mass is 32.2. The second-order valence-electron chi connectivity index (χ2n) is 4.38. The quantitative estimate of drug-likeness (QED) is 0.779. The molecule has 1 aliphatic carbocycles. The highest BCUT2D eigenvalue weighted by molar-refractivity contribution is 7.72. The Morgan fingerprint density at radius 2 is 1.88 bits per heavy atom. The summed E-state index contributed by atoms with van der Waals surface area (Å²) in [5, 5.41) is 8.24. The van der Waals surface area contributed by atoms with Crippen molar-refractivity contribution in [3.05, 3.63) is 35.4 Å². The van der Waals surface area contributed by atoms with Crippen molar-refractivity contribution in [2.24, 2.45) is 5.92 Å². The lowest BCUT2D eigenvalue weighted by molar-refractivity contribution is -0.136. The van der Waals surface area contributed by atoms with Gasteiger partial charge in [0.15, 0.2) is 0 Å². The van der Waals surface area contributed by atoms with Gasteiger partial charge in [-0.3, -0.25) is 4.79 Å². The zero-order valence-electron chi connectivity index (χ0n) is 9.20. The van der Waals surface area contributed by atoms with E-state index in [0.717, 1.165) is 18.4 Å². The molecule has 1 aromatic carbocycles. The fraction of sp³-hybridized carbons (Fsp3) is 0.417. The van der Waals surface area contributed by atoms with Gasteiger partial charge in [-0.05, 0) is 29.9 Å². The number of carboxylic acid groups (broad SMARTS) is 1. The Hall–Kier alpha value is -1.36. The van der Waals surface area contributed by atoms with E-state index in [1.54, 1.807) is 24.3 Å². The van der Waals surface area contributed by atoms with E-state index >= 15 is 0 Å². The van der Waals surface area contributed by atoms with Crippen molar-refractivity contribution in [1.29, 1.82) is 0 Å². The third kappa shape index (κ3) is 3.06. The van der Waals surface area contributed by atoms with Crippen LogP contribution in [-0.4, -0.2) is 19.5 Å². The summed E-state index contributed by atoms with van der Waals surface area (Å²) in [7, 11) is -2.46. The molecule has 0 saturated heterocycles. The third-order valence-electron chi connectivity index (χ3n) is 2.97. The second-order valence-corrected chi connectivity index (χ2v) is 5.51. The normalized spacial score (nSPS) is 17.0. The van der Waals surface area contributed by atoms with Crippen LogP contribution in [0.25, 0.3) is 0 Å². The molecule has 2 rings (SSSR count). The standard InChI is InChI=1S/C12H14O4S/c13-11(14)7-8-1-3-9(4-2-8)12(17(15)16)10-5-6-10/h1-4,10,12,17H,5-7H2,(H,13,14). The van der Waals surface area contributed by atoms with Crippen molar-refractivity contribution >= 4 is 16.7 Å². The third-order valence-corrected chi connectivity index (χ3v) is 4.15. The molecule has 1 aromatic rings. The van der Waals surface area contributed by atoms with Gasteiger partial charge in [0.1, 0.15) is 10.7 Å². The first-order chi connectivity index (χ1) is 8.08. The molecule has 0 bridgehead atoms. The summed E-state index contributed by atoms with van der Waals surface area (Å²) in [6.07, 6.45) is 1.90. The van der Waals surface area contributed by atoms with Crippen LogP contribution in [0, 0.1) is 5.92 Å². The lowest BCUT2D eigenvalue weighted by Crippen LogP contribution is -2.04. The van der Waals surface area contributed by atoms with Crippen molar-refractivity contribution in [3.8, 4) is 0 Å². The largest absolute Gasteiger partial charge is 0.481 e. The maximum atomic E-state index is 11.2. The van der Waals surface area contributed by atoms with E-state index in [-0.39, 0.29) is 12.3 Å².